The van der Waals surface area contributed by atoms with Gasteiger partial charge in [-0.05, 0) is 33.0 Å². The molecule has 3 N–H and O–H groups in total. The van der Waals surface area contributed by atoms with Crippen molar-refractivity contribution in [2.45, 2.75) is 25.5 Å². The van der Waals surface area contributed by atoms with Gasteiger partial charge >= 0.3 is 0 Å². The van der Waals surface area contributed by atoms with Gasteiger partial charge in [0.15, 0.2) is 0 Å². The van der Waals surface area contributed by atoms with Crippen molar-refractivity contribution in [1.29, 1.82) is 0 Å². The van der Waals surface area contributed by atoms with Crippen molar-refractivity contribution in [3.63, 3.8) is 0 Å². The average Bonchev–Trinajstić information content (AvgIpc) is 2.45. The second-order valence-electron chi connectivity index (χ2n) is 5.10. The molecular weight excluding hydrogens is 190 g/mol. The molecule has 0 spiro atoms. The van der Waals surface area contributed by atoms with Gasteiger partial charge in [-0.25, -0.2) is 0 Å². The number of hydrogen-bond donors (Lipinski definition) is 2. The third-order valence-corrected chi connectivity index (χ3v) is 3.03. The largest absolute Gasteiger partial charge is 0.392 e. The van der Waals surface area contributed by atoms with Crippen LogP contribution < -0.4 is 5.73 Å². The highest BCUT2D eigenvalue weighted by Crippen LogP contribution is 2.19. The quantitative estimate of drug-likeness (QED) is 0.654. The zero-order valence-corrected chi connectivity index (χ0v) is 10.2. The Kier molecular flexibility index (Phi) is 4.99. The highest BCUT2D eigenvalue weighted by Gasteiger charge is 2.31. The fraction of sp³-hybridized carbons (Fsp3) is 1.00. The molecule has 0 aromatic heterocycles. The summed E-state index contributed by atoms with van der Waals surface area (Å²) in [6.45, 7) is 5.72. The Labute approximate surface area is 93.0 Å². The van der Waals surface area contributed by atoms with Gasteiger partial charge in [-0.1, -0.05) is 6.92 Å². The Balaban J connectivity index is 2.45. The van der Waals surface area contributed by atoms with Crippen LogP contribution in [0.1, 0.15) is 13.3 Å². The van der Waals surface area contributed by atoms with Gasteiger partial charge in [-0.15, -0.1) is 0 Å². The molecule has 1 rings (SSSR count). The van der Waals surface area contributed by atoms with E-state index in [0.717, 1.165) is 32.6 Å². The first-order chi connectivity index (χ1) is 7.02. The number of likely N-dealkylation sites (N-methyl/N-ethyl adjacent to an activating group) is 1. The van der Waals surface area contributed by atoms with Gasteiger partial charge in [0.1, 0.15) is 0 Å². The van der Waals surface area contributed by atoms with Gasteiger partial charge in [0, 0.05) is 25.7 Å². The van der Waals surface area contributed by atoms with E-state index in [1.54, 1.807) is 0 Å². The Morgan fingerprint density at radius 3 is 2.73 bits per heavy atom. The highest BCUT2D eigenvalue weighted by molar-refractivity contribution is 4.87. The fourth-order valence-electron chi connectivity index (χ4n) is 2.27. The van der Waals surface area contributed by atoms with E-state index in [-0.39, 0.29) is 6.10 Å². The monoisotopic (exact) mass is 215 g/mol. The molecule has 1 heterocycles. The molecule has 1 aliphatic rings. The molecule has 4 nitrogen and oxygen atoms in total. The summed E-state index contributed by atoms with van der Waals surface area (Å²) in [6.07, 6.45) is 0.745. The maximum atomic E-state index is 9.68. The van der Waals surface area contributed by atoms with E-state index in [9.17, 15) is 5.11 Å². The zero-order valence-electron chi connectivity index (χ0n) is 10.2. The molecule has 3 atom stereocenters. The van der Waals surface area contributed by atoms with Crippen LogP contribution in [0.3, 0.4) is 0 Å². The molecule has 1 fully saturated rings. The molecule has 0 saturated carbocycles. The predicted molar refractivity (Wildman–Crippen MR) is 62.8 cm³/mol. The van der Waals surface area contributed by atoms with Gasteiger partial charge in [0.05, 0.1) is 6.10 Å². The first kappa shape index (κ1) is 12.9. The summed E-state index contributed by atoms with van der Waals surface area (Å²) in [6, 6.07) is 0.490. The summed E-state index contributed by atoms with van der Waals surface area (Å²) in [5.74, 6) is 0.514. The molecule has 0 aliphatic carbocycles. The van der Waals surface area contributed by atoms with Crippen LogP contribution in [-0.2, 0) is 0 Å². The SMILES string of the molecule is CC(CN)CN1CC(O)CC1CN(C)C. The van der Waals surface area contributed by atoms with Crippen molar-refractivity contribution < 1.29 is 5.11 Å². The summed E-state index contributed by atoms with van der Waals surface area (Å²) >= 11 is 0. The van der Waals surface area contributed by atoms with Gasteiger partial charge in [0.25, 0.3) is 0 Å². The number of β-amino-alcohol motifs (C(OH)–C–C–N with tert-alkyl or cyclic N) is 1. The lowest BCUT2D eigenvalue weighted by molar-refractivity contribution is 0.162. The molecule has 0 aromatic carbocycles. The summed E-state index contributed by atoms with van der Waals surface area (Å²) in [5, 5.41) is 9.68. The lowest BCUT2D eigenvalue weighted by atomic mass is 10.1. The number of rotatable bonds is 5. The number of aliphatic hydroxyl groups excluding tert-OH is 1. The molecule has 15 heavy (non-hydrogen) atoms. The van der Waals surface area contributed by atoms with Crippen LogP contribution >= 0.6 is 0 Å². The van der Waals surface area contributed by atoms with E-state index in [2.05, 4.69) is 30.8 Å². The Bertz CT molecular complexity index is 187. The summed E-state index contributed by atoms with van der Waals surface area (Å²) in [4.78, 5) is 4.56. The summed E-state index contributed by atoms with van der Waals surface area (Å²) < 4.78 is 0. The number of likely N-dealkylation sites (tertiary alicyclic amines) is 1. The molecule has 1 saturated heterocycles. The van der Waals surface area contributed by atoms with Crippen LogP contribution in [-0.4, -0.2) is 67.3 Å². The number of nitrogens with zero attached hydrogens (tertiary/aromatic N) is 2. The molecule has 90 valence electrons. The highest BCUT2D eigenvalue weighted by atomic mass is 16.3. The maximum Gasteiger partial charge on any atom is 0.0682 e. The van der Waals surface area contributed by atoms with Crippen molar-refractivity contribution in [2.75, 3.05) is 40.3 Å². The van der Waals surface area contributed by atoms with Crippen molar-refractivity contribution in [1.82, 2.24) is 9.80 Å². The van der Waals surface area contributed by atoms with Crippen molar-refractivity contribution in [2.24, 2.45) is 11.7 Å². The van der Waals surface area contributed by atoms with E-state index in [4.69, 9.17) is 5.73 Å². The molecule has 4 heteroatoms. The second kappa shape index (κ2) is 5.80. The van der Waals surface area contributed by atoms with E-state index in [1.165, 1.54) is 0 Å². The molecule has 0 amide bonds. The smallest absolute Gasteiger partial charge is 0.0682 e. The van der Waals surface area contributed by atoms with E-state index in [1.807, 2.05) is 0 Å². The van der Waals surface area contributed by atoms with Gasteiger partial charge < -0.3 is 15.7 Å². The Morgan fingerprint density at radius 1 is 1.53 bits per heavy atom. The average molecular weight is 215 g/mol. The fourth-order valence-corrected chi connectivity index (χ4v) is 2.27. The Hall–Kier alpha value is -0.160. The minimum Gasteiger partial charge on any atom is -0.392 e. The van der Waals surface area contributed by atoms with Crippen LogP contribution in [0.4, 0.5) is 0 Å². The zero-order chi connectivity index (χ0) is 11.4. The topological polar surface area (TPSA) is 52.7 Å². The third-order valence-electron chi connectivity index (χ3n) is 3.03. The minimum atomic E-state index is -0.153. The Morgan fingerprint density at radius 2 is 2.20 bits per heavy atom. The van der Waals surface area contributed by atoms with Gasteiger partial charge in [-0.2, -0.15) is 0 Å². The summed E-state index contributed by atoms with van der Waals surface area (Å²) in [5.41, 5.74) is 5.63. The number of hydrogen-bond acceptors (Lipinski definition) is 4. The van der Waals surface area contributed by atoms with Crippen molar-refractivity contribution >= 4 is 0 Å². The molecule has 1 aliphatic heterocycles. The minimum absolute atomic E-state index is 0.153. The maximum absolute atomic E-state index is 9.68. The first-order valence-corrected chi connectivity index (χ1v) is 5.79. The summed E-state index contributed by atoms with van der Waals surface area (Å²) in [7, 11) is 4.16. The number of nitrogens with two attached hydrogens (primary N) is 1. The molecule has 0 aromatic rings. The van der Waals surface area contributed by atoms with Crippen LogP contribution in [0.5, 0.6) is 0 Å². The first-order valence-electron chi connectivity index (χ1n) is 5.79. The van der Waals surface area contributed by atoms with E-state index in [0.29, 0.717) is 12.0 Å². The lowest BCUT2D eigenvalue weighted by Gasteiger charge is -2.28. The van der Waals surface area contributed by atoms with Crippen LogP contribution in [0, 0.1) is 5.92 Å². The van der Waals surface area contributed by atoms with Gasteiger partial charge in [0.2, 0.25) is 0 Å². The van der Waals surface area contributed by atoms with E-state index >= 15 is 0 Å². The molecular formula is C11H25N3O. The molecule has 3 unspecified atom stereocenters. The normalized spacial score (nSPS) is 30.0. The standard InChI is InChI=1S/C11H25N3O/c1-9(5-12)6-14-8-11(15)4-10(14)7-13(2)3/h9-11,15H,4-8,12H2,1-3H3. The van der Waals surface area contributed by atoms with Crippen molar-refractivity contribution in [3.05, 3.63) is 0 Å². The molecule has 0 radical (unpaired) electrons. The number of aliphatic hydroxyl groups is 1. The third kappa shape index (κ3) is 4.07. The van der Waals surface area contributed by atoms with Crippen LogP contribution in [0.25, 0.3) is 0 Å². The van der Waals surface area contributed by atoms with E-state index < -0.39 is 0 Å². The van der Waals surface area contributed by atoms with Crippen molar-refractivity contribution in [3.8, 4) is 0 Å². The van der Waals surface area contributed by atoms with Gasteiger partial charge in [-0.3, -0.25) is 4.90 Å². The second-order valence-corrected chi connectivity index (χ2v) is 5.10. The van der Waals surface area contributed by atoms with Crippen LogP contribution in [0.15, 0.2) is 0 Å². The predicted octanol–water partition coefficient (Wildman–Crippen LogP) is -0.422. The molecule has 0 bridgehead atoms. The lowest BCUT2D eigenvalue weighted by Crippen LogP contribution is -2.40. The van der Waals surface area contributed by atoms with Crippen LogP contribution in [0.2, 0.25) is 0 Å².